The lowest BCUT2D eigenvalue weighted by atomic mass is 10.1. The molecule has 0 N–H and O–H groups in total. The third-order valence-electron chi connectivity index (χ3n) is 3.10. The lowest BCUT2D eigenvalue weighted by molar-refractivity contribution is -0.146. The normalized spacial score (nSPS) is 17.9. The fraction of sp³-hybridized carbons (Fsp3) is 0.357. The van der Waals surface area contributed by atoms with Gasteiger partial charge in [0.1, 0.15) is 6.07 Å². The van der Waals surface area contributed by atoms with E-state index in [1.807, 2.05) is 30.5 Å². The maximum atomic E-state index is 12.0. The summed E-state index contributed by atoms with van der Waals surface area (Å²) in [4.78, 5) is 26.4. The number of anilines is 1. The van der Waals surface area contributed by atoms with Gasteiger partial charge in [-0.2, -0.15) is 5.26 Å². The number of hydrogen-bond acceptors (Lipinski definition) is 5. The van der Waals surface area contributed by atoms with Crippen molar-refractivity contribution in [1.29, 1.82) is 5.26 Å². The van der Waals surface area contributed by atoms with E-state index in [9.17, 15) is 9.59 Å². The molecule has 1 amide bonds. The Bertz CT molecular complexity index is 568. The Kier molecular flexibility index (Phi) is 4.64. The molecule has 0 bridgehead atoms. The molecule has 2 rings (SSSR count). The molecule has 20 heavy (non-hydrogen) atoms. The van der Waals surface area contributed by atoms with Crippen molar-refractivity contribution >= 4 is 29.3 Å². The highest BCUT2D eigenvalue weighted by Crippen LogP contribution is 2.28. The van der Waals surface area contributed by atoms with Crippen molar-refractivity contribution < 1.29 is 14.3 Å². The van der Waals surface area contributed by atoms with Gasteiger partial charge in [0.05, 0.1) is 5.92 Å². The van der Waals surface area contributed by atoms with Crippen molar-refractivity contribution in [2.24, 2.45) is 5.92 Å². The summed E-state index contributed by atoms with van der Waals surface area (Å²) >= 11 is 1.60. The van der Waals surface area contributed by atoms with Crippen LogP contribution in [0.3, 0.4) is 0 Å². The zero-order valence-electron chi connectivity index (χ0n) is 11.0. The van der Waals surface area contributed by atoms with E-state index in [4.69, 9.17) is 10.00 Å². The van der Waals surface area contributed by atoms with Crippen LogP contribution in [0.1, 0.15) is 6.42 Å². The van der Waals surface area contributed by atoms with Crippen LogP contribution in [-0.2, 0) is 14.3 Å². The van der Waals surface area contributed by atoms with Crippen molar-refractivity contribution in [3.8, 4) is 6.07 Å². The largest absolute Gasteiger partial charge is 0.450 e. The number of ether oxygens (including phenoxy) is 1. The first-order chi connectivity index (χ1) is 9.65. The van der Waals surface area contributed by atoms with Crippen LogP contribution in [-0.4, -0.2) is 31.3 Å². The molecule has 0 unspecified atom stereocenters. The third-order valence-corrected chi connectivity index (χ3v) is 3.83. The van der Waals surface area contributed by atoms with E-state index in [2.05, 4.69) is 0 Å². The number of carbonyl (C=O) groups excluding carboxylic acids is 2. The van der Waals surface area contributed by atoms with E-state index in [0.29, 0.717) is 6.54 Å². The summed E-state index contributed by atoms with van der Waals surface area (Å²) in [6, 6.07) is 9.37. The van der Waals surface area contributed by atoms with Gasteiger partial charge in [0, 0.05) is 23.5 Å². The van der Waals surface area contributed by atoms with Gasteiger partial charge in [-0.25, -0.2) is 0 Å². The zero-order chi connectivity index (χ0) is 14.5. The quantitative estimate of drug-likeness (QED) is 0.625. The molecule has 1 fully saturated rings. The Morgan fingerprint density at radius 2 is 2.40 bits per heavy atom. The van der Waals surface area contributed by atoms with Crippen LogP contribution in [0.2, 0.25) is 0 Å². The summed E-state index contributed by atoms with van der Waals surface area (Å²) < 4.78 is 4.77. The summed E-state index contributed by atoms with van der Waals surface area (Å²) in [6.07, 6.45) is 2.10. The molecular weight excluding hydrogens is 276 g/mol. The molecule has 1 heterocycles. The molecule has 0 aliphatic carbocycles. The Morgan fingerprint density at radius 1 is 1.60 bits per heavy atom. The molecule has 0 spiro atoms. The summed E-state index contributed by atoms with van der Waals surface area (Å²) in [6.45, 7) is 0.0341. The molecule has 1 atom stereocenters. The second kappa shape index (κ2) is 6.44. The lowest BCUT2D eigenvalue weighted by Crippen LogP contribution is -2.26. The van der Waals surface area contributed by atoms with Gasteiger partial charge in [-0.1, -0.05) is 6.07 Å². The van der Waals surface area contributed by atoms with Crippen LogP contribution in [0.25, 0.3) is 0 Å². The Labute approximate surface area is 121 Å². The molecule has 0 aromatic heterocycles. The van der Waals surface area contributed by atoms with E-state index in [0.717, 1.165) is 10.6 Å². The minimum atomic E-state index is -0.492. The van der Waals surface area contributed by atoms with Gasteiger partial charge in [0.2, 0.25) is 5.91 Å². The molecule has 5 nitrogen and oxygen atoms in total. The Hall–Kier alpha value is -2.00. The van der Waals surface area contributed by atoms with Crippen LogP contribution in [0, 0.1) is 17.2 Å². The average Bonchev–Trinajstić information content (AvgIpc) is 2.87. The van der Waals surface area contributed by atoms with E-state index >= 15 is 0 Å². The number of thioether (sulfide) groups is 1. The summed E-state index contributed by atoms with van der Waals surface area (Å²) in [7, 11) is 0. The second-order valence-electron chi connectivity index (χ2n) is 4.37. The number of nitriles is 1. The highest BCUT2D eigenvalue weighted by molar-refractivity contribution is 7.98. The van der Waals surface area contributed by atoms with Gasteiger partial charge < -0.3 is 9.64 Å². The topological polar surface area (TPSA) is 70.4 Å². The van der Waals surface area contributed by atoms with E-state index in [-0.39, 0.29) is 18.9 Å². The molecule has 1 aromatic carbocycles. The number of amides is 1. The molecule has 1 aromatic rings. The number of benzene rings is 1. The molecule has 104 valence electrons. The van der Waals surface area contributed by atoms with E-state index in [1.165, 1.54) is 0 Å². The molecular formula is C14H14N2O3S. The minimum Gasteiger partial charge on any atom is -0.450 e. The Morgan fingerprint density at radius 3 is 3.10 bits per heavy atom. The van der Waals surface area contributed by atoms with Gasteiger partial charge in [-0.05, 0) is 24.5 Å². The van der Waals surface area contributed by atoms with Crippen LogP contribution < -0.4 is 4.90 Å². The molecule has 0 radical (unpaired) electrons. The number of rotatable bonds is 4. The van der Waals surface area contributed by atoms with Crippen molar-refractivity contribution in [2.45, 2.75) is 11.3 Å². The van der Waals surface area contributed by atoms with E-state index in [1.54, 1.807) is 22.7 Å². The maximum Gasteiger partial charge on any atom is 0.312 e. The number of nitrogens with zero attached hydrogens (tertiary/aromatic N) is 2. The smallest absolute Gasteiger partial charge is 0.312 e. The first-order valence-electron chi connectivity index (χ1n) is 6.13. The minimum absolute atomic E-state index is 0.0952. The van der Waals surface area contributed by atoms with Crippen LogP contribution in [0.5, 0.6) is 0 Å². The highest BCUT2D eigenvalue weighted by atomic mass is 32.2. The lowest BCUT2D eigenvalue weighted by Gasteiger charge is -2.17. The number of hydrogen-bond donors (Lipinski definition) is 0. The number of carbonyl (C=O) groups is 2. The van der Waals surface area contributed by atoms with Gasteiger partial charge >= 0.3 is 5.97 Å². The molecule has 1 aliphatic rings. The monoisotopic (exact) mass is 290 g/mol. The maximum absolute atomic E-state index is 12.0. The summed E-state index contributed by atoms with van der Waals surface area (Å²) in [5.74, 6) is -1.07. The third kappa shape index (κ3) is 3.11. The van der Waals surface area contributed by atoms with Crippen molar-refractivity contribution in [2.75, 3.05) is 24.3 Å². The number of esters is 1. The molecule has 1 saturated heterocycles. The van der Waals surface area contributed by atoms with Crippen molar-refractivity contribution in [3.63, 3.8) is 0 Å². The van der Waals surface area contributed by atoms with E-state index < -0.39 is 11.9 Å². The first-order valence-corrected chi connectivity index (χ1v) is 7.36. The molecule has 6 heteroatoms. The van der Waals surface area contributed by atoms with Crippen LogP contribution in [0.4, 0.5) is 5.69 Å². The van der Waals surface area contributed by atoms with Gasteiger partial charge in [0.15, 0.2) is 6.61 Å². The Balaban J connectivity index is 2.09. The van der Waals surface area contributed by atoms with Gasteiger partial charge in [0.25, 0.3) is 0 Å². The summed E-state index contributed by atoms with van der Waals surface area (Å²) in [5, 5.41) is 8.39. The average molecular weight is 290 g/mol. The second-order valence-corrected chi connectivity index (χ2v) is 5.25. The van der Waals surface area contributed by atoms with Crippen molar-refractivity contribution in [1.82, 2.24) is 0 Å². The zero-order valence-corrected chi connectivity index (χ0v) is 11.9. The SMILES string of the molecule is CSc1cccc(N2C[C@@H](C(=O)OCC#N)CC2=O)c1. The molecule has 0 saturated carbocycles. The molecule has 1 aliphatic heterocycles. The fourth-order valence-electron chi connectivity index (χ4n) is 2.11. The summed E-state index contributed by atoms with van der Waals surface area (Å²) in [5.41, 5.74) is 0.789. The first kappa shape index (κ1) is 14.4. The fourth-order valence-corrected chi connectivity index (χ4v) is 2.57. The highest BCUT2D eigenvalue weighted by Gasteiger charge is 2.36. The van der Waals surface area contributed by atoms with Crippen LogP contribution >= 0.6 is 11.8 Å². The predicted molar refractivity (Wildman–Crippen MR) is 75.3 cm³/mol. The van der Waals surface area contributed by atoms with Crippen molar-refractivity contribution in [3.05, 3.63) is 24.3 Å². The van der Waals surface area contributed by atoms with Gasteiger partial charge in [-0.3, -0.25) is 9.59 Å². The standard InChI is InChI=1S/C14H14N2O3S/c1-20-12-4-2-3-11(8-12)16-9-10(7-13(16)17)14(18)19-6-5-15/h2-4,8,10H,6-7,9H2,1H3/t10-/m0/s1. The predicted octanol–water partition coefficient (Wildman–Crippen LogP) is 1.83. The van der Waals surface area contributed by atoms with Gasteiger partial charge in [-0.15, -0.1) is 11.8 Å². The van der Waals surface area contributed by atoms with Crippen LogP contribution in [0.15, 0.2) is 29.2 Å².